The van der Waals surface area contributed by atoms with E-state index in [1.54, 1.807) is 13.1 Å². The summed E-state index contributed by atoms with van der Waals surface area (Å²) in [5.74, 6) is 0.406. The van der Waals surface area contributed by atoms with E-state index in [-0.39, 0.29) is 16.7 Å². The van der Waals surface area contributed by atoms with Gasteiger partial charge in [-0.3, -0.25) is 4.79 Å². The molecule has 1 aromatic carbocycles. The number of carbonyl (C=O) groups is 1. The molecule has 0 aliphatic rings. The number of ether oxygens (including phenoxy) is 1. The van der Waals surface area contributed by atoms with Gasteiger partial charge in [-0.15, -0.1) is 11.3 Å². The molecule has 0 N–H and O–H groups in total. The van der Waals surface area contributed by atoms with Gasteiger partial charge in [0.05, 0.1) is 10.9 Å². The van der Waals surface area contributed by atoms with Crippen LogP contribution in [0.3, 0.4) is 0 Å². The van der Waals surface area contributed by atoms with Gasteiger partial charge in [-0.05, 0) is 29.8 Å². The molecule has 0 aliphatic carbocycles. The van der Waals surface area contributed by atoms with E-state index < -0.39 is 10.0 Å². The highest BCUT2D eigenvalue weighted by Gasteiger charge is 2.25. The Morgan fingerprint density at radius 3 is 2.44 bits per heavy atom. The van der Waals surface area contributed by atoms with Crippen molar-refractivity contribution in [1.82, 2.24) is 9.21 Å². The molecule has 2 rings (SSSR count). The summed E-state index contributed by atoms with van der Waals surface area (Å²) >= 11 is 6.76. The predicted molar refractivity (Wildman–Crippen MR) is 108 cm³/mol. The molecule has 2 aromatic rings. The van der Waals surface area contributed by atoms with Crippen LogP contribution in [-0.2, 0) is 21.4 Å². The lowest BCUT2D eigenvalue weighted by Gasteiger charge is -2.21. The molecule has 0 fully saturated rings. The SMILES string of the molecule is C=CCOc1ccc(CN(C)C(=O)CN(C)S(=O)(=O)c2ccc(Cl)s2)cc1. The quantitative estimate of drug-likeness (QED) is 0.575. The molecule has 9 heteroatoms. The maximum absolute atomic E-state index is 12.5. The molecular weight excluding hydrogens is 408 g/mol. The summed E-state index contributed by atoms with van der Waals surface area (Å²) < 4.78 is 31.9. The van der Waals surface area contributed by atoms with Gasteiger partial charge in [0.15, 0.2) is 0 Å². The van der Waals surface area contributed by atoms with Gasteiger partial charge < -0.3 is 9.64 Å². The van der Waals surface area contributed by atoms with E-state index in [9.17, 15) is 13.2 Å². The first-order chi connectivity index (χ1) is 12.7. The summed E-state index contributed by atoms with van der Waals surface area (Å²) in [5.41, 5.74) is 0.910. The fourth-order valence-corrected chi connectivity index (χ4v) is 5.01. The normalized spacial score (nSPS) is 11.4. The number of rotatable bonds is 9. The Morgan fingerprint density at radius 2 is 1.89 bits per heavy atom. The van der Waals surface area contributed by atoms with Crippen LogP contribution in [0.4, 0.5) is 0 Å². The third-order valence-electron chi connectivity index (χ3n) is 3.71. The molecule has 146 valence electrons. The van der Waals surface area contributed by atoms with Gasteiger partial charge in [-0.25, -0.2) is 8.42 Å². The van der Waals surface area contributed by atoms with Crippen molar-refractivity contribution in [2.45, 2.75) is 10.8 Å². The highest BCUT2D eigenvalue weighted by molar-refractivity contribution is 7.91. The van der Waals surface area contributed by atoms with Crippen molar-refractivity contribution >= 4 is 38.9 Å². The molecule has 1 aromatic heterocycles. The van der Waals surface area contributed by atoms with Crippen molar-refractivity contribution in [2.24, 2.45) is 0 Å². The zero-order valence-corrected chi connectivity index (χ0v) is 17.5. The molecule has 0 atom stereocenters. The standard InChI is InChI=1S/C18H21ClN2O4S2/c1-4-11-25-15-7-5-14(6-8-15)12-20(2)17(22)13-21(3)27(23,24)18-10-9-16(19)26-18/h4-10H,1,11-13H2,2-3H3. The molecule has 0 aliphatic heterocycles. The summed E-state index contributed by atoms with van der Waals surface area (Å²) in [6.45, 7) is 4.12. The van der Waals surface area contributed by atoms with Crippen molar-refractivity contribution in [3.63, 3.8) is 0 Å². The molecule has 0 saturated carbocycles. The number of thiophene rings is 1. The summed E-state index contributed by atoms with van der Waals surface area (Å²) in [6, 6.07) is 10.3. The van der Waals surface area contributed by atoms with Gasteiger partial charge in [0, 0.05) is 20.6 Å². The first-order valence-corrected chi connectivity index (χ1v) is 10.7. The van der Waals surface area contributed by atoms with E-state index in [4.69, 9.17) is 16.3 Å². The topological polar surface area (TPSA) is 66.9 Å². The van der Waals surface area contributed by atoms with Crippen LogP contribution in [-0.4, -0.2) is 50.8 Å². The Labute approximate surface area is 168 Å². The van der Waals surface area contributed by atoms with Gasteiger partial charge in [-0.2, -0.15) is 4.31 Å². The number of halogens is 1. The third kappa shape index (κ3) is 5.80. The van der Waals surface area contributed by atoms with Crippen LogP contribution in [0.1, 0.15) is 5.56 Å². The third-order valence-corrected chi connectivity index (χ3v) is 7.21. The number of amides is 1. The number of hydrogen-bond acceptors (Lipinski definition) is 5. The first kappa shape index (κ1) is 21.4. The monoisotopic (exact) mass is 428 g/mol. The summed E-state index contributed by atoms with van der Waals surface area (Å²) in [5, 5.41) is 0. The zero-order chi connectivity index (χ0) is 20.0. The van der Waals surface area contributed by atoms with Crippen molar-refractivity contribution in [1.29, 1.82) is 0 Å². The number of sulfonamides is 1. The minimum atomic E-state index is -3.74. The Hall–Kier alpha value is -1.87. The van der Waals surface area contributed by atoms with Crippen molar-refractivity contribution in [3.8, 4) is 5.75 Å². The zero-order valence-electron chi connectivity index (χ0n) is 15.1. The Kier molecular flexibility index (Phi) is 7.43. The minimum Gasteiger partial charge on any atom is -0.490 e. The molecule has 27 heavy (non-hydrogen) atoms. The first-order valence-electron chi connectivity index (χ1n) is 8.02. The lowest BCUT2D eigenvalue weighted by Crippen LogP contribution is -2.38. The molecular formula is C18H21ClN2O4S2. The Balaban J connectivity index is 1.95. The van der Waals surface area contributed by atoms with Crippen molar-refractivity contribution in [2.75, 3.05) is 27.2 Å². The van der Waals surface area contributed by atoms with Gasteiger partial charge in [0.25, 0.3) is 10.0 Å². The van der Waals surface area contributed by atoms with E-state index >= 15 is 0 Å². The summed E-state index contributed by atoms with van der Waals surface area (Å²) in [6.07, 6.45) is 1.66. The van der Waals surface area contributed by atoms with E-state index in [1.807, 2.05) is 24.3 Å². The smallest absolute Gasteiger partial charge is 0.252 e. The van der Waals surface area contributed by atoms with Gasteiger partial charge in [0.2, 0.25) is 5.91 Å². The molecule has 0 spiro atoms. The molecule has 0 bridgehead atoms. The molecule has 0 unspecified atom stereocenters. The average Bonchev–Trinajstić information content (AvgIpc) is 3.08. The van der Waals surface area contributed by atoms with Crippen LogP contribution in [0, 0.1) is 0 Å². The summed E-state index contributed by atoms with van der Waals surface area (Å²) in [4.78, 5) is 13.9. The van der Waals surface area contributed by atoms with Crippen LogP contribution in [0.2, 0.25) is 4.34 Å². The Morgan fingerprint density at radius 1 is 1.22 bits per heavy atom. The second-order valence-electron chi connectivity index (χ2n) is 5.81. The molecule has 1 heterocycles. The molecule has 6 nitrogen and oxygen atoms in total. The molecule has 0 saturated heterocycles. The van der Waals surface area contributed by atoms with E-state index in [0.29, 0.717) is 23.2 Å². The number of hydrogen-bond donors (Lipinski definition) is 0. The van der Waals surface area contributed by atoms with E-state index in [1.165, 1.54) is 24.1 Å². The molecule has 0 radical (unpaired) electrons. The van der Waals surface area contributed by atoms with Crippen LogP contribution in [0.5, 0.6) is 5.75 Å². The van der Waals surface area contributed by atoms with Crippen molar-refractivity contribution < 1.29 is 17.9 Å². The second-order valence-corrected chi connectivity index (χ2v) is 9.80. The second kappa shape index (κ2) is 9.36. The van der Waals surface area contributed by atoms with Gasteiger partial charge >= 0.3 is 0 Å². The van der Waals surface area contributed by atoms with Crippen LogP contribution < -0.4 is 4.74 Å². The van der Waals surface area contributed by atoms with Crippen molar-refractivity contribution in [3.05, 3.63) is 59.0 Å². The fourth-order valence-electron chi connectivity index (χ4n) is 2.19. The highest BCUT2D eigenvalue weighted by atomic mass is 35.5. The maximum atomic E-state index is 12.5. The minimum absolute atomic E-state index is 0.112. The van der Waals surface area contributed by atoms with Crippen LogP contribution in [0.25, 0.3) is 0 Å². The number of carbonyl (C=O) groups excluding carboxylic acids is 1. The van der Waals surface area contributed by atoms with Crippen LogP contribution >= 0.6 is 22.9 Å². The lowest BCUT2D eigenvalue weighted by molar-refractivity contribution is -0.130. The van der Waals surface area contributed by atoms with Gasteiger partial charge in [0.1, 0.15) is 16.6 Å². The van der Waals surface area contributed by atoms with Gasteiger partial charge in [-0.1, -0.05) is 36.4 Å². The largest absolute Gasteiger partial charge is 0.490 e. The fraction of sp³-hybridized carbons (Fsp3) is 0.278. The molecule has 1 amide bonds. The van der Waals surface area contributed by atoms with Crippen LogP contribution in [0.15, 0.2) is 53.3 Å². The lowest BCUT2D eigenvalue weighted by atomic mass is 10.2. The van der Waals surface area contributed by atoms with E-state index in [0.717, 1.165) is 21.2 Å². The average molecular weight is 429 g/mol. The predicted octanol–water partition coefficient (Wildman–Crippen LogP) is 3.25. The van der Waals surface area contributed by atoms with E-state index in [2.05, 4.69) is 6.58 Å². The number of benzene rings is 1. The number of likely N-dealkylation sites (N-methyl/N-ethyl adjacent to an activating group) is 2. The maximum Gasteiger partial charge on any atom is 0.252 e. The summed E-state index contributed by atoms with van der Waals surface area (Å²) in [7, 11) is -0.731. The number of nitrogens with zero attached hydrogens (tertiary/aromatic N) is 2. The Bertz CT molecular complexity index is 894. The highest BCUT2D eigenvalue weighted by Crippen LogP contribution is 2.27.